The lowest BCUT2D eigenvalue weighted by atomic mass is 10.0. The van der Waals surface area contributed by atoms with Gasteiger partial charge in [-0.25, -0.2) is 0 Å². The number of ether oxygens (including phenoxy) is 1. The molecular weight excluding hydrogens is 280 g/mol. The van der Waals surface area contributed by atoms with Crippen LogP contribution in [0.4, 0.5) is 0 Å². The largest absolute Gasteiger partial charge is 0.497 e. The average Bonchev–Trinajstić information content (AvgIpc) is 2.54. The van der Waals surface area contributed by atoms with Gasteiger partial charge in [-0.15, -0.1) is 0 Å². The number of nitrogens with zero attached hydrogens (tertiary/aromatic N) is 1. The van der Waals surface area contributed by atoms with Crippen molar-refractivity contribution >= 4 is 11.7 Å². The third-order valence-electron chi connectivity index (χ3n) is 4.02. The summed E-state index contributed by atoms with van der Waals surface area (Å²) in [5, 5.41) is 0. The predicted octanol–water partition coefficient (Wildman–Crippen LogP) is 2.00. The highest BCUT2D eigenvalue weighted by molar-refractivity contribution is 5.96. The average molecular weight is 304 g/mol. The number of likely N-dealkylation sites (tertiary alicyclic amines) is 1. The van der Waals surface area contributed by atoms with Crippen LogP contribution in [-0.4, -0.2) is 42.8 Å². The van der Waals surface area contributed by atoms with Crippen LogP contribution < -0.4 is 10.5 Å². The van der Waals surface area contributed by atoms with Gasteiger partial charge in [-0.2, -0.15) is 0 Å². The fourth-order valence-corrected chi connectivity index (χ4v) is 2.72. The molecule has 1 aliphatic rings. The van der Waals surface area contributed by atoms with Crippen LogP contribution in [-0.2, 0) is 4.79 Å². The molecule has 22 heavy (non-hydrogen) atoms. The van der Waals surface area contributed by atoms with E-state index in [2.05, 4.69) is 0 Å². The van der Waals surface area contributed by atoms with Crippen molar-refractivity contribution in [3.63, 3.8) is 0 Å². The van der Waals surface area contributed by atoms with Crippen molar-refractivity contribution in [1.82, 2.24) is 4.90 Å². The molecule has 0 saturated carbocycles. The molecule has 120 valence electrons. The zero-order valence-corrected chi connectivity index (χ0v) is 13.1. The third-order valence-corrected chi connectivity index (χ3v) is 4.02. The number of nitrogens with two attached hydrogens (primary N) is 1. The van der Waals surface area contributed by atoms with Crippen LogP contribution in [0.1, 0.15) is 42.5 Å². The number of benzene rings is 1. The SMILES string of the molecule is COc1ccc(C(=O)CCCC(=O)N2CCCC(N)C2)cc1. The van der Waals surface area contributed by atoms with Gasteiger partial charge in [-0.1, -0.05) is 0 Å². The number of Topliss-reactive ketones (excluding diaryl/α,β-unsaturated/α-hetero) is 1. The fraction of sp³-hybridized carbons (Fsp3) is 0.529. The molecule has 0 aliphatic carbocycles. The van der Waals surface area contributed by atoms with E-state index in [9.17, 15) is 9.59 Å². The molecule has 2 rings (SSSR count). The molecule has 2 N–H and O–H groups in total. The van der Waals surface area contributed by atoms with Crippen molar-refractivity contribution in [2.24, 2.45) is 5.73 Å². The van der Waals surface area contributed by atoms with E-state index in [1.54, 1.807) is 31.4 Å². The number of hydrogen-bond donors (Lipinski definition) is 1. The molecule has 1 atom stereocenters. The van der Waals surface area contributed by atoms with E-state index >= 15 is 0 Å². The number of hydrogen-bond acceptors (Lipinski definition) is 4. The monoisotopic (exact) mass is 304 g/mol. The minimum atomic E-state index is 0.0609. The minimum Gasteiger partial charge on any atom is -0.497 e. The van der Waals surface area contributed by atoms with Crippen molar-refractivity contribution in [3.05, 3.63) is 29.8 Å². The fourth-order valence-electron chi connectivity index (χ4n) is 2.72. The van der Waals surface area contributed by atoms with E-state index in [0.29, 0.717) is 31.4 Å². The van der Waals surface area contributed by atoms with Crippen LogP contribution in [0.25, 0.3) is 0 Å². The lowest BCUT2D eigenvalue weighted by Crippen LogP contribution is -2.45. The number of methoxy groups -OCH3 is 1. The Morgan fingerprint density at radius 2 is 2.00 bits per heavy atom. The highest BCUT2D eigenvalue weighted by atomic mass is 16.5. The lowest BCUT2D eigenvalue weighted by molar-refractivity contribution is -0.132. The maximum absolute atomic E-state index is 12.1. The van der Waals surface area contributed by atoms with E-state index < -0.39 is 0 Å². The normalized spacial score (nSPS) is 18.1. The van der Waals surface area contributed by atoms with Crippen LogP contribution in [0, 0.1) is 0 Å². The Bertz CT molecular complexity index is 513. The van der Waals surface area contributed by atoms with E-state index in [4.69, 9.17) is 10.5 Å². The van der Waals surface area contributed by atoms with Crippen molar-refractivity contribution in [2.75, 3.05) is 20.2 Å². The number of ketones is 1. The van der Waals surface area contributed by atoms with E-state index in [-0.39, 0.29) is 17.7 Å². The highest BCUT2D eigenvalue weighted by Crippen LogP contribution is 2.15. The second kappa shape index (κ2) is 7.94. The smallest absolute Gasteiger partial charge is 0.222 e. The van der Waals surface area contributed by atoms with Gasteiger partial charge in [0, 0.05) is 37.5 Å². The Balaban J connectivity index is 1.75. The van der Waals surface area contributed by atoms with Gasteiger partial charge in [0.25, 0.3) is 0 Å². The van der Waals surface area contributed by atoms with Crippen LogP contribution in [0.3, 0.4) is 0 Å². The van der Waals surface area contributed by atoms with E-state index in [1.807, 2.05) is 4.90 Å². The highest BCUT2D eigenvalue weighted by Gasteiger charge is 2.20. The third kappa shape index (κ3) is 4.56. The van der Waals surface area contributed by atoms with Gasteiger partial charge in [0.05, 0.1) is 7.11 Å². The van der Waals surface area contributed by atoms with Gasteiger partial charge in [0.1, 0.15) is 5.75 Å². The van der Waals surface area contributed by atoms with E-state index in [1.165, 1.54) is 0 Å². The van der Waals surface area contributed by atoms with Crippen LogP contribution in [0.2, 0.25) is 0 Å². The summed E-state index contributed by atoms with van der Waals surface area (Å²) in [7, 11) is 1.59. The first-order valence-corrected chi connectivity index (χ1v) is 7.80. The van der Waals surface area contributed by atoms with Gasteiger partial charge in [0.15, 0.2) is 5.78 Å². The Labute approximate surface area is 131 Å². The molecule has 1 saturated heterocycles. The van der Waals surface area contributed by atoms with Crippen LogP contribution >= 0.6 is 0 Å². The van der Waals surface area contributed by atoms with Gasteiger partial charge < -0.3 is 15.4 Å². The number of piperidine rings is 1. The summed E-state index contributed by atoms with van der Waals surface area (Å²) in [5.41, 5.74) is 6.54. The molecule has 0 radical (unpaired) electrons. The summed E-state index contributed by atoms with van der Waals surface area (Å²) in [4.78, 5) is 26.0. The number of rotatable bonds is 6. The van der Waals surface area contributed by atoms with Crippen molar-refractivity contribution in [1.29, 1.82) is 0 Å². The van der Waals surface area contributed by atoms with E-state index in [0.717, 1.165) is 25.1 Å². The predicted molar refractivity (Wildman–Crippen MR) is 85.0 cm³/mol. The Kier molecular flexibility index (Phi) is 5.95. The summed E-state index contributed by atoms with van der Waals surface area (Å²) in [6, 6.07) is 7.15. The molecule has 5 heteroatoms. The standard InChI is InChI=1S/C17H24N2O3/c1-22-15-9-7-13(8-10-15)16(20)5-2-6-17(21)19-11-3-4-14(18)12-19/h7-10,14H,2-6,11-12,18H2,1H3. The lowest BCUT2D eigenvalue weighted by Gasteiger charge is -2.30. The summed E-state index contributed by atoms with van der Waals surface area (Å²) < 4.78 is 5.07. The molecule has 5 nitrogen and oxygen atoms in total. The first-order valence-electron chi connectivity index (χ1n) is 7.80. The molecule has 1 heterocycles. The van der Waals surface area contributed by atoms with Crippen LogP contribution in [0.5, 0.6) is 5.75 Å². The molecule has 1 aromatic carbocycles. The minimum absolute atomic E-state index is 0.0609. The summed E-state index contributed by atoms with van der Waals surface area (Å²) in [6.45, 7) is 1.43. The molecular formula is C17H24N2O3. The number of carbonyl (C=O) groups excluding carboxylic acids is 2. The Morgan fingerprint density at radius 3 is 2.64 bits per heavy atom. The molecule has 1 aromatic rings. The number of carbonyl (C=O) groups is 2. The molecule has 0 bridgehead atoms. The maximum atomic E-state index is 12.1. The second-order valence-electron chi connectivity index (χ2n) is 5.75. The molecule has 0 aromatic heterocycles. The summed E-state index contributed by atoms with van der Waals surface area (Å²) in [6.07, 6.45) is 3.33. The molecule has 0 spiro atoms. The van der Waals surface area contributed by atoms with Crippen molar-refractivity contribution in [2.45, 2.75) is 38.1 Å². The Hall–Kier alpha value is -1.88. The second-order valence-corrected chi connectivity index (χ2v) is 5.75. The van der Waals surface area contributed by atoms with Crippen molar-refractivity contribution in [3.8, 4) is 5.75 Å². The zero-order valence-electron chi connectivity index (χ0n) is 13.1. The first kappa shape index (κ1) is 16.5. The molecule has 1 fully saturated rings. The molecule has 1 aliphatic heterocycles. The van der Waals surface area contributed by atoms with Gasteiger partial charge in [-0.3, -0.25) is 9.59 Å². The summed E-state index contributed by atoms with van der Waals surface area (Å²) >= 11 is 0. The van der Waals surface area contributed by atoms with Gasteiger partial charge >= 0.3 is 0 Å². The molecule has 1 unspecified atom stereocenters. The van der Waals surface area contributed by atoms with Crippen LogP contribution in [0.15, 0.2) is 24.3 Å². The quantitative estimate of drug-likeness (QED) is 0.816. The van der Waals surface area contributed by atoms with Gasteiger partial charge in [0.2, 0.25) is 5.91 Å². The zero-order chi connectivity index (χ0) is 15.9. The maximum Gasteiger partial charge on any atom is 0.222 e. The summed E-state index contributed by atoms with van der Waals surface area (Å²) in [5.74, 6) is 0.900. The first-order chi connectivity index (χ1) is 10.6. The Morgan fingerprint density at radius 1 is 1.27 bits per heavy atom. The van der Waals surface area contributed by atoms with Gasteiger partial charge in [-0.05, 0) is 43.5 Å². The molecule has 1 amide bonds. The van der Waals surface area contributed by atoms with Crippen molar-refractivity contribution < 1.29 is 14.3 Å². The topological polar surface area (TPSA) is 72.6 Å². The number of amides is 1.